The number of piperidine rings is 1. The van der Waals surface area contributed by atoms with Crippen LogP contribution in [0.25, 0.3) is 0 Å². The molecule has 1 fully saturated rings. The molecule has 0 aromatic carbocycles. The largest absolute Gasteiger partial charge is 0.298 e. The van der Waals surface area contributed by atoms with Gasteiger partial charge in [0.25, 0.3) is 0 Å². The molecule has 4 unspecified atom stereocenters. The fourth-order valence-corrected chi connectivity index (χ4v) is 2.50. The molecule has 80 valence electrons. The molecule has 1 saturated heterocycles. The van der Waals surface area contributed by atoms with Crippen LogP contribution in [0.5, 0.6) is 0 Å². The monoisotopic (exact) mass is 214 g/mol. The van der Waals surface area contributed by atoms with E-state index in [-0.39, 0.29) is 5.38 Å². The van der Waals surface area contributed by atoms with Crippen molar-refractivity contribution in [2.24, 2.45) is 11.8 Å². The van der Waals surface area contributed by atoms with Crippen molar-refractivity contribution in [3.05, 3.63) is 0 Å². The molecule has 0 aromatic rings. The Balaban J connectivity index is 2.54. The normalized spacial score (nSPS) is 36.4. The van der Waals surface area contributed by atoms with Crippen LogP contribution in [0.3, 0.4) is 0 Å². The second-order valence-electron chi connectivity index (χ2n) is 4.61. The lowest BCUT2D eigenvalue weighted by molar-refractivity contribution is 0.0828. The molecular formula is C11H19ClN2. The van der Waals surface area contributed by atoms with Gasteiger partial charge >= 0.3 is 0 Å². The van der Waals surface area contributed by atoms with Gasteiger partial charge in [-0.25, -0.2) is 0 Å². The SMILES string of the molecule is CC1CC(C)C(C)N(CC(Cl)C#N)C1. The number of halogens is 1. The van der Waals surface area contributed by atoms with Crippen molar-refractivity contribution in [2.75, 3.05) is 13.1 Å². The molecule has 0 radical (unpaired) electrons. The molecule has 1 heterocycles. The molecule has 1 aliphatic heterocycles. The van der Waals surface area contributed by atoms with Crippen LogP contribution >= 0.6 is 11.6 Å². The Morgan fingerprint density at radius 2 is 2.14 bits per heavy atom. The van der Waals surface area contributed by atoms with Gasteiger partial charge in [-0.3, -0.25) is 4.90 Å². The lowest BCUT2D eigenvalue weighted by atomic mass is 9.86. The predicted molar refractivity (Wildman–Crippen MR) is 59.2 cm³/mol. The average molecular weight is 215 g/mol. The molecule has 3 heteroatoms. The minimum Gasteiger partial charge on any atom is -0.298 e. The van der Waals surface area contributed by atoms with Gasteiger partial charge in [0, 0.05) is 19.1 Å². The summed E-state index contributed by atoms with van der Waals surface area (Å²) >= 11 is 5.86. The molecule has 1 rings (SSSR count). The van der Waals surface area contributed by atoms with Gasteiger partial charge in [-0.2, -0.15) is 5.26 Å². The zero-order valence-corrected chi connectivity index (χ0v) is 9.96. The predicted octanol–water partition coefficient (Wildman–Crippen LogP) is 2.48. The first-order chi connectivity index (χ1) is 6.54. The maximum Gasteiger partial charge on any atom is 0.133 e. The van der Waals surface area contributed by atoms with Crippen LogP contribution in [0.1, 0.15) is 27.2 Å². The number of hydrogen-bond acceptors (Lipinski definition) is 2. The maximum atomic E-state index is 8.67. The van der Waals surface area contributed by atoms with Crippen LogP contribution in [0, 0.1) is 23.2 Å². The standard InChI is InChI=1S/C11H19ClN2/c1-8-4-9(2)10(3)14(6-8)7-11(12)5-13/h8-11H,4,6-7H2,1-3H3. The molecule has 0 spiro atoms. The Morgan fingerprint density at radius 1 is 1.50 bits per heavy atom. The van der Waals surface area contributed by atoms with E-state index in [1.54, 1.807) is 0 Å². The van der Waals surface area contributed by atoms with Crippen LogP contribution in [-0.4, -0.2) is 29.4 Å². The van der Waals surface area contributed by atoms with E-state index in [1.165, 1.54) is 6.42 Å². The summed E-state index contributed by atoms with van der Waals surface area (Å²) in [6.07, 6.45) is 1.29. The number of alkyl halides is 1. The zero-order valence-electron chi connectivity index (χ0n) is 9.20. The van der Waals surface area contributed by atoms with Gasteiger partial charge in [0.05, 0.1) is 6.07 Å². The summed E-state index contributed by atoms with van der Waals surface area (Å²) in [4.78, 5) is 2.35. The van der Waals surface area contributed by atoms with E-state index in [2.05, 4.69) is 31.7 Å². The van der Waals surface area contributed by atoms with Gasteiger partial charge in [0.15, 0.2) is 0 Å². The third kappa shape index (κ3) is 2.87. The van der Waals surface area contributed by atoms with Crippen molar-refractivity contribution in [3.8, 4) is 6.07 Å². The number of likely N-dealkylation sites (tertiary alicyclic amines) is 1. The summed E-state index contributed by atoms with van der Waals surface area (Å²) in [7, 11) is 0. The van der Waals surface area contributed by atoms with E-state index in [1.807, 2.05) is 0 Å². The Bertz CT molecular complexity index is 224. The van der Waals surface area contributed by atoms with E-state index in [0.29, 0.717) is 18.5 Å². The molecule has 4 atom stereocenters. The smallest absolute Gasteiger partial charge is 0.133 e. The van der Waals surface area contributed by atoms with Crippen LogP contribution in [0.2, 0.25) is 0 Å². The summed E-state index contributed by atoms with van der Waals surface area (Å²) in [6.45, 7) is 8.57. The van der Waals surface area contributed by atoms with Crippen molar-refractivity contribution >= 4 is 11.6 Å². The van der Waals surface area contributed by atoms with Gasteiger partial charge in [-0.1, -0.05) is 13.8 Å². The van der Waals surface area contributed by atoms with Crippen LogP contribution in [0.4, 0.5) is 0 Å². The molecule has 0 bridgehead atoms. The third-order valence-electron chi connectivity index (χ3n) is 3.25. The highest BCUT2D eigenvalue weighted by atomic mass is 35.5. The van der Waals surface area contributed by atoms with E-state index < -0.39 is 0 Å². The average Bonchev–Trinajstić information content (AvgIpc) is 2.13. The van der Waals surface area contributed by atoms with Crippen molar-refractivity contribution in [1.29, 1.82) is 5.26 Å². The lowest BCUT2D eigenvalue weighted by Gasteiger charge is -2.41. The number of hydrogen-bond donors (Lipinski definition) is 0. The summed E-state index contributed by atoms with van der Waals surface area (Å²) in [5.41, 5.74) is 0. The second kappa shape index (κ2) is 5.00. The van der Waals surface area contributed by atoms with Gasteiger partial charge < -0.3 is 0 Å². The quantitative estimate of drug-likeness (QED) is 0.661. The van der Waals surface area contributed by atoms with E-state index in [4.69, 9.17) is 16.9 Å². The van der Waals surface area contributed by atoms with Crippen molar-refractivity contribution in [1.82, 2.24) is 4.90 Å². The van der Waals surface area contributed by atoms with E-state index in [9.17, 15) is 0 Å². The second-order valence-corrected chi connectivity index (χ2v) is 5.14. The van der Waals surface area contributed by atoms with Crippen molar-refractivity contribution in [3.63, 3.8) is 0 Å². The number of rotatable bonds is 2. The van der Waals surface area contributed by atoms with Crippen molar-refractivity contribution in [2.45, 2.75) is 38.6 Å². The summed E-state index contributed by atoms with van der Waals surface area (Å²) in [6, 6.07) is 2.64. The van der Waals surface area contributed by atoms with Gasteiger partial charge in [0.1, 0.15) is 5.38 Å². The fourth-order valence-electron chi connectivity index (χ4n) is 2.32. The Labute approximate surface area is 91.8 Å². The van der Waals surface area contributed by atoms with Gasteiger partial charge in [-0.15, -0.1) is 11.6 Å². The van der Waals surface area contributed by atoms with Crippen LogP contribution in [0.15, 0.2) is 0 Å². The molecule has 14 heavy (non-hydrogen) atoms. The molecular weight excluding hydrogens is 196 g/mol. The zero-order chi connectivity index (χ0) is 10.7. The first kappa shape index (κ1) is 11.8. The first-order valence-electron chi connectivity index (χ1n) is 5.32. The number of nitrogens with zero attached hydrogens (tertiary/aromatic N) is 2. The summed E-state index contributed by atoms with van der Waals surface area (Å²) < 4.78 is 0. The molecule has 0 saturated carbocycles. The highest BCUT2D eigenvalue weighted by Crippen LogP contribution is 2.27. The van der Waals surface area contributed by atoms with E-state index in [0.717, 1.165) is 12.5 Å². The van der Waals surface area contributed by atoms with Gasteiger partial charge in [0.2, 0.25) is 0 Å². The Hall–Kier alpha value is -0.260. The topological polar surface area (TPSA) is 27.0 Å². The fraction of sp³-hybridized carbons (Fsp3) is 0.909. The minimum atomic E-state index is -0.366. The van der Waals surface area contributed by atoms with Crippen molar-refractivity contribution < 1.29 is 0 Å². The third-order valence-corrected chi connectivity index (χ3v) is 3.49. The van der Waals surface area contributed by atoms with Gasteiger partial charge in [-0.05, 0) is 25.2 Å². The summed E-state index contributed by atoms with van der Waals surface area (Å²) in [5, 5.41) is 8.31. The number of nitriles is 1. The highest BCUT2D eigenvalue weighted by Gasteiger charge is 2.29. The molecule has 0 N–H and O–H groups in total. The minimum absolute atomic E-state index is 0.366. The molecule has 0 aliphatic carbocycles. The van der Waals surface area contributed by atoms with Crippen LogP contribution in [-0.2, 0) is 0 Å². The molecule has 0 amide bonds. The van der Waals surface area contributed by atoms with Crippen LogP contribution < -0.4 is 0 Å². The first-order valence-corrected chi connectivity index (χ1v) is 5.76. The Morgan fingerprint density at radius 3 is 2.71 bits per heavy atom. The van der Waals surface area contributed by atoms with E-state index >= 15 is 0 Å². The Kier molecular flexibility index (Phi) is 4.22. The maximum absolute atomic E-state index is 8.67. The summed E-state index contributed by atoms with van der Waals surface area (Å²) in [5.74, 6) is 1.44. The lowest BCUT2D eigenvalue weighted by Crippen LogP contribution is -2.47. The highest BCUT2D eigenvalue weighted by molar-refractivity contribution is 6.22. The molecule has 0 aromatic heterocycles. The molecule has 2 nitrogen and oxygen atoms in total. The molecule has 1 aliphatic rings.